The van der Waals surface area contributed by atoms with Crippen molar-refractivity contribution < 1.29 is 18.3 Å². The normalized spacial score (nSPS) is 22.4. The van der Waals surface area contributed by atoms with E-state index in [1.807, 2.05) is 0 Å². The third-order valence-corrected chi connectivity index (χ3v) is 6.37. The Labute approximate surface area is 125 Å². The molecule has 1 saturated carbocycles. The first-order valence-electron chi connectivity index (χ1n) is 6.33. The molecule has 0 bridgehead atoms. The van der Waals surface area contributed by atoms with Crippen LogP contribution in [-0.2, 0) is 14.8 Å². The van der Waals surface area contributed by atoms with Crippen LogP contribution in [0.3, 0.4) is 0 Å². The minimum absolute atomic E-state index is 0.120. The number of sulfonamides is 1. The Morgan fingerprint density at radius 2 is 2.10 bits per heavy atom. The molecule has 1 aliphatic carbocycles. The van der Waals surface area contributed by atoms with E-state index in [-0.39, 0.29) is 10.9 Å². The van der Waals surface area contributed by atoms with Crippen LogP contribution in [0.2, 0.25) is 0 Å². The summed E-state index contributed by atoms with van der Waals surface area (Å²) in [5, 5.41) is 8.88. The predicted octanol–water partition coefficient (Wildman–Crippen LogP) is 1.17. The van der Waals surface area contributed by atoms with Crippen molar-refractivity contribution in [1.82, 2.24) is 13.1 Å². The monoisotopic (exact) mass is 327 g/mol. The largest absolute Gasteiger partial charge is 0.481 e. The first kappa shape index (κ1) is 14.4. The molecule has 0 unspecified atom stereocenters. The molecular weight excluding hydrogens is 314 g/mol. The van der Waals surface area contributed by atoms with Gasteiger partial charge in [-0.15, -0.1) is 0 Å². The summed E-state index contributed by atoms with van der Waals surface area (Å²) >= 11 is 0.967. The topological polar surface area (TPSA) is 100 Å². The SMILES string of the molecule is CN(C1CC(C(=O)O)C1)S(=O)(=O)c1cccc2nsnc12. The van der Waals surface area contributed by atoms with Crippen molar-refractivity contribution in [1.29, 1.82) is 0 Å². The third-order valence-electron chi connectivity index (χ3n) is 3.88. The number of fused-ring (bicyclic) bond motifs is 1. The molecule has 0 radical (unpaired) electrons. The van der Waals surface area contributed by atoms with Crippen molar-refractivity contribution in [3.63, 3.8) is 0 Å². The van der Waals surface area contributed by atoms with Gasteiger partial charge >= 0.3 is 5.97 Å². The predicted molar refractivity (Wildman–Crippen MR) is 76.5 cm³/mol. The van der Waals surface area contributed by atoms with Crippen molar-refractivity contribution in [2.24, 2.45) is 5.92 Å². The fourth-order valence-electron chi connectivity index (χ4n) is 2.43. The van der Waals surface area contributed by atoms with Crippen LogP contribution in [0, 0.1) is 5.92 Å². The van der Waals surface area contributed by atoms with Crippen LogP contribution in [0.25, 0.3) is 11.0 Å². The summed E-state index contributed by atoms with van der Waals surface area (Å²) in [7, 11) is -2.22. The van der Waals surface area contributed by atoms with E-state index in [0.717, 1.165) is 11.7 Å². The van der Waals surface area contributed by atoms with Crippen molar-refractivity contribution in [2.75, 3.05) is 7.05 Å². The first-order valence-corrected chi connectivity index (χ1v) is 8.50. The highest BCUT2D eigenvalue weighted by Gasteiger charge is 2.41. The van der Waals surface area contributed by atoms with Crippen molar-refractivity contribution in [3.8, 4) is 0 Å². The Balaban J connectivity index is 1.91. The second-order valence-corrected chi connectivity index (χ2v) is 7.56. The van der Waals surface area contributed by atoms with Gasteiger partial charge < -0.3 is 5.11 Å². The van der Waals surface area contributed by atoms with Gasteiger partial charge in [0.05, 0.1) is 17.6 Å². The van der Waals surface area contributed by atoms with Gasteiger partial charge in [-0.2, -0.15) is 13.1 Å². The van der Waals surface area contributed by atoms with Crippen molar-refractivity contribution >= 4 is 38.8 Å². The van der Waals surface area contributed by atoms with Gasteiger partial charge in [-0.3, -0.25) is 4.79 Å². The molecule has 1 aromatic heterocycles. The summed E-state index contributed by atoms with van der Waals surface area (Å²) in [5.41, 5.74) is 0.912. The second kappa shape index (κ2) is 5.00. The van der Waals surface area contributed by atoms with Gasteiger partial charge in [-0.25, -0.2) is 8.42 Å². The molecule has 21 heavy (non-hydrogen) atoms. The number of aliphatic carboxylic acids is 1. The van der Waals surface area contributed by atoms with Gasteiger partial charge in [-0.05, 0) is 25.0 Å². The lowest BCUT2D eigenvalue weighted by Crippen LogP contribution is -2.47. The zero-order valence-electron chi connectivity index (χ0n) is 11.1. The number of carboxylic acids is 1. The summed E-state index contributed by atoms with van der Waals surface area (Å²) in [6, 6.07) is 4.56. The lowest BCUT2D eigenvalue weighted by atomic mass is 9.80. The molecule has 1 heterocycles. The van der Waals surface area contributed by atoms with Crippen molar-refractivity contribution in [3.05, 3.63) is 18.2 Å². The molecule has 2 aromatic rings. The lowest BCUT2D eigenvalue weighted by Gasteiger charge is -2.38. The van der Waals surface area contributed by atoms with Crippen LogP contribution in [-0.4, -0.2) is 45.6 Å². The summed E-state index contributed by atoms with van der Waals surface area (Å²) in [6.07, 6.45) is 0.687. The van der Waals surface area contributed by atoms with Gasteiger partial charge in [0.15, 0.2) is 0 Å². The zero-order chi connectivity index (χ0) is 15.2. The van der Waals surface area contributed by atoms with Gasteiger partial charge in [0.25, 0.3) is 0 Å². The summed E-state index contributed by atoms with van der Waals surface area (Å²) in [5.74, 6) is -1.33. The van der Waals surface area contributed by atoms with Gasteiger partial charge in [0, 0.05) is 13.1 Å². The molecule has 1 aromatic carbocycles. The Bertz CT molecular complexity index is 796. The highest BCUT2D eigenvalue weighted by Crippen LogP contribution is 2.35. The van der Waals surface area contributed by atoms with Crippen molar-refractivity contribution in [2.45, 2.75) is 23.8 Å². The number of carbonyl (C=O) groups is 1. The third kappa shape index (κ3) is 2.30. The number of hydrogen-bond donors (Lipinski definition) is 1. The summed E-state index contributed by atoms with van der Waals surface area (Å²) in [4.78, 5) is 10.9. The smallest absolute Gasteiger partial charge is 0.306 e. The average molecular weight is 327 g/mol. The fraction of sp³-hybridized carbons (Fsp3) is 0.417. The van der Waals surface area contributed by atoms with E-state index in [4.69, 9.17) is 5.11 Å². The van der Waals surface area contributed by atoms with E-state index in [1.54, 1.807) is 12.1 Å². The maximum absolute atomic E-state index is 12.7. The summed E-state index contributed by atoms with van der Waals surface area (Å²) < 4.78 is 34.7. The number of benzene rings is 1. The van der Waals surface area contributed by atoms with E-state index in [0.29, 0.717) is 23.9 Å². The van der Waals surface area contributed by atoms with Crippen LogP contribution in [0.1, 0.15) is 12.8 Å². The van der Waals surface area contributed by atoms with Gasteiger partial charge in [0.2, 0.25) is 10.0 Å². The molecule has 0 spiro atoms. The molecule has 112 valence electrons. The van der Waals surface area contributed by atoms with E-state index in [1.165, 1.54) is 17.4 Å². The average Bonchev–Trinajstić information content (AvgIpc) is 2.83. The lowest BCUT2D eigenvalue weighted by molar-refractivity contribution is -0.146. The fourth-order valence-corrected chi connectivity index (χ4v) is 4.55. The molecule has 1 aliphatic rings. The maximum Gasteiger partial charge on any atom is 0.306 e. The molecular formula is C12H13N3O4S2. The number of hydrogen-bond acceptors (Lipinski definition) is 6. The highest BCUT2D eigenvalue weighted by atomic mass is 32.2. The standard InChI is InChI=1S/C12H13N3O4S2/c1-15(8-5-7(6-8)12(16)17)21(18,19)10-4-2-3-9-11(10)14-20-13-9/h2-4,7-8H,5-6H2,1H3,(H,16,17). The quantitative estimate of drug-likeness (QED) is 0.905. The summed E-state index contributed by atoms with van der Waals surface area (Å²) in [6.45, 7) is 0. The molecule has 1 N–H and O–H groups in total. The van der Waals surface area contributed by atoms with Crippen LogP contribution >= 0.6 is 11.7 Å². The first-order chi connectivity index (χ1) is 9.91. The van der Waals surface area contributed by atoms with Gasteiger partial charge in [-0.1, -0.05) is 6.07 Å². The van der Waals surface area contributed by atoms with Crippen LogP contribution in [0.15, 0.2) is 23.1 Å². The molecule has 0 aliphatic heterocycles. The molecule has 7 nitrogen and oxygen atoms in total. The zero-order valence-corrected chi connectivity index (χ0v) is 12.8. The van der Waals surface area contributed by atoms with Gasteiger partial charge in [0.1, 0.15) is 15.9 Å². The minimum atomic E-state index is -3.70. The molecule has 0 atom stereocenters. The number of carboxylic acid groups (broad SMARTS) is 1. The van der Waals surface area contributed by atoms with Crippen LogP contribution in [0.4, 0.5) is 0 Å². The van der Waals surface area contributed by atoms with E-state index in [9.17, 15) is 13.2 Å². The number of nitrogens with zero attached hydrogens (tertiary/aromatic N) is 3. The second-order valence-electron chi connectivity index (χ2n) is 5.07. The Morgan fingerprint density at radius 3 is 2.76 bits per heavy atom. The maximum atomic E-state index is 12.7. The number of rotatable bonds is 4. The number of aromatic nitrogens is 2. The highest BCUT2D eigenvalue weighted by molar-refractivity contribution is 7.89. The Morgan fingerprint density at radius 1 is 1.38 bits per heavy atom. The molecule has 0 amide bonds. The molecule has 3 rings (SSSR count). The Hall–Kier alpha value is -1.58. The minimum Gasteiger partial charge on any atom is -0.481 e. The Kier molecular flexibility index (Phi) is 3.42. The molecule has 0 saturated heterocycles. The van der Waals surface area contributed by atoms with Crippen LogP contribution < -0.4 is 0 Å². The van der Waals surface area contributed by atoms with E-state index in [2.05, 4.69) is 8.75 Å². The molecule has 9 heteroatoms. The van der Waals surface area contributed by atoms with E-state index < -0.39 is 21.9 Å². The van der Waals surface area contributed by atoms with E-state index >= 15 is 0 Å². The van der Waals surface area contributed by atoms with Crippen LogP contribution in [0.5, 0.6) is 0 Å². The molecule has 1 fully saturated rings.